The van der Waals surface area contributed by atoms with Gasteiger partial charge in [-0.3, -0.25) is 14.4 Å². The summed E-state index contributed by atoms with van der Waals surface area (Å²) in [7, 11) is 3.76. The number of ether oxygens (including phenoxy) is 1. The molecule has 0 bridgehead atoms. The molecule has 0 aliphatic carbocycles. The van der Waals surface area contributed by atoms with Crippen LogP contribution in [0.3, 0.4) is 0 Å². The number of anilines is 1. The summed E-state index contributed by atoms with van der Waals surface area (Å²) in [4.78, 5) is 27.5. The Kier molecular flexibility index (Phi) is 6.93. The first-order valence-corrected chi connectivity index (χ1v) is 9.43. The second-order valence-corrected chi connectivity index (χ2v) is 7.30. The van der Waals surface area contributed by atoms with E-state index in [1.54, 1.807) is 17.7 Å². The molecule has 0 aliphatic heterocycles. The van der Waals surface area contributed by atoms with Crippen LogP contribution in [-0.2, 0) is 29.5 Å². The molecular weight excluding hydrogens is 352 g/mol. The molecule has 142 valence electrons. The fraction of sp³-hybridized carbons (Fsp3) is 0.500. The van der Waals surface area contributed by atoms with Crippen LogP contribution < -0.4 is 5.32 Å². The minimum atomic E-state index is -0.405. The summed E-state index contributed by atoms with van der Waals surface area (Å²) in [5, 5.41) is 7.72. The standard InChI is InChI=1S/C18H26N4O3S/c1-6-14-8-15(18(24)25-7-2)17(26-14)19-16(23)11-21(4)9-13-10-22(5)20-12(13)3/h8,10H,6-7,9,11H2,1-5H3,(H,19,23). The molecule has 2 aromatic rings. The topological polar surface area (TPSA) is 76.5 Å². The molecule has 1 N–H and O–H groups in total. The van der Waals surface area contributed by atoms with Crippen LogP contribution in [0, 0.1) is 6.92 Å². The average molecular weight is 378 g/mol. The second-order valence-electron chi connectivity index (χ2n) is 6.16. The highest BCUT2D eigenvalue weighted by Gasteiger charge is 2.19. The Morgan fingerprint density at radius 2 is 2.12 bits per heavy atom. The van der Waals surface area contributed by atoms with Crippen molar-refractivity contribution < 1.29 is 14.3 Å². The first-order chi connectivity index (χ1) is 12.3. The molecular formula is C18H26N4O3S. The van der Waals surface area contributed by atoms with E-state index in [2.05, 4.69) is 10.4 Å². The minimum Gasteiger partial charge on any atom is -0.462 e. The molecule has 0 saturated carbocycles. The lowest BCUT2D eigenvalue weighted by Gasteiger charge is -2.15. The summed E-state index contributed by atoms with van der Waals surface area (Å²) < 4.78 is 6.85. The maximum absolute atomic E-state index is 12.4. The Bertz CT molecular complexity index is 781. The fourth-order valence-corrected chi connectivity index (χ4v) is 3.63. The fourth-order valence-electron chi connectivity index (χ4n) is 2.63. The largest absolute Gasteiger partial charge is 0.462 e. The molecule has 8 heteroatoms. The van der Waals surface area contributed by atoms with Gasteiger partial charge in [-0.25, -0.2) is 4.79 Å². The van der Waals surface area contributed by atoms with E-state index in [9.17, 15) is 9.59 Å². The minimum absolute atomic E-state index is 0.163. The number of amides is 1. The average Bonchev–Trinajstić information content (AvgIpc) is 3.10. The molecule has 1 amide bonds. The number of esters is 1. The molecule has 0 aliphatic rings. The number of carbonyl (C=O) groups is 2. The highest BCUT2D eigenvalue weighted by atomic mass is 32.1. The van der Waals surface area contributed by atoms with Crippen LogP contribution in [-0.4, -0.2) is 46.8 Å². The van der Waals surface area contributed by atoms with Crippen molar-refractivity contribution in [2.45, 2.75) is 33.7 Å². The SMILES string of the molecule is CCOC(=O)c1cc(CC)sc1NC(=O)CN(C)Cc1cn(C)nc1C. The molecule has 2 heterocycles. The van der Waals surface area contributed by atoms with Crippen LogP contribution in [0.4, 0.5) is 5.00 Å². The normalized spacial score (nSPS) is 11.0. The molecule has 0 saturated heterocycles. The predicted octanol–water partition coefficient (Wildman–Crippen LogP) is 2.60. The predicted molar refractivity (Wildman–Crippen MR) is 103 cm³/mol. The van der Waals surface area contributed by atoms with E-state index in [0.29, 0.717) is 23.7 Å². The van der Waals surface area contributed by atoms with E-state index in [1.165, 1.54) is 11.3 Å². The van der Waals surface area contributed by atoms with Crippen LogP contribution in [0.25, 0.3) is 0 Å². The Balaban J connectivity index is 2.01. The van der Waals surface area contributed by atoms with Crippen molar-refractivity contribution >= 4 is 28.2 Å². The number of rotatable bonds is 8. The Morgan fingerprint density at radius 3 is 2.69 bits per heavy atom. The highest BCUT2D eigenvalue weighted by Crippen LogP contribution is 2.29. The van der Waals surface area contributed by atoms with Crippen molar-refractivity contribution in [3.63, 3.8) is 0 Å². The van der Waals surface area contributed by atoms with Gasteiger partial charge in [-0.1, -0.05) is 6.92 Å². The molecule has 0 radical (unpaired) electrons. The Morgan fingerprint density at radius 1 is 1.38 bits per heavy atom. The zero-order chi connectivity index (χ0) is 19.3. The van der Waals surface area contributed by atoms with Crippen LogP contribution in [0.1, 0.15) is 40.3 Å². The number of thiophene rings is 1. The molecule has 2 rings (SSSR count). The van der Waals surface area contributed by atoms with E-state index < -0.39 is 5.97 Å². The van der Waals surface area contributed by atoms with Gasteiger partial charge in [0.05, 0.1) is 24.4 Å². The van der Waals surface area contributed by atoms with Crippen molar-refractivity contribution in [1.82, 2.24) is 14.7 Å². The summed E-state index contributed by atoms with van der Waals surface area (Å²) in [6.45, 7) is 6.87. The molecule has 0 atom stereocenters. The van der Waals surface area contributed by atoms with Gasteiger partial charge in [0.2, 0.25) is 5.91 Å². The molecule has 0 fully saturated rings. The summed E-state index contributed by atoms with van der Waals surface area (Å²) in [5.41, 5.74) is 2.46. The number of carbonyl (C=O) groups excluding carboxylic acids is 2. The monoisotopic (exact) mass is 378 g/mol. The number of hydrogen-bond donors (Lipinski definition) is 1. The maximum atomic E-state index is 12.4. The van der Waals surface area contributed by atoms with E-state index in [4.69, 9.17) is 4.74 Å². The van der Waals surface area contributed by atoms with Crippen molar-refractivity contribution in [1.29, 1.82) is 0 Å². The van der Waals surface area contributed by atoms with Gasteiger partial charge in [-0.05, 0) is 33.4 Å². The number of nitrogens with zero attached hydrogens (tertiary/aromatic N) is 3. The molecule has 0 unspecified atom stereocenters. The molecule has 26 heavy (non-hydrogen) atoms. The summed E-state index contributed by atoms with van der Waals surface area (Å²) >= 11 is 1.41. The highest BCUT2D eigenvalue weighted by molar-refractivity contribution is 7.16. The Hall–Kier alpha value is -2.19. The number of likely N-dealkylation sites (N-methyl/N-ethyl adjacent to an activating group) is 1. The van der Waals surface area contributed by atoms with Crippen molar-refractivity contribution in [3.05, 3.63) is 34.0 Å². The van der Waals surface area contributed by atoms with Crippen LogP contribution >= 0.6 is 11.3 Å². The van der Waals surface area contributed by atoms with Crippen LogP contribution in [0.5, 0.6) is 0 Å². The zero-order valence-electron chi connectivity index (χ0n) is 16.0. The summed E-state index contributed by atoms with van der Waals surface area (Å²) in [5.74, 6) is -0.567. The summed E-state index contributed by atoms with van der Waals surface area (Å²) in [6, 6.07) is 1.79. The quantitative estimate of drug-likeness (QED) is 0.715. The first kappa shape index (κ1) is 20.1. The first-order valence-electron chi connectivity index (χ1n) is 8.61. The smallest absolute Gasteiger partial charge is 0.341 e. The molecule has 0 spiro atoms. The van der Waals surface area contributed by atoms with Crippen molar-refractivity contribution in [3.8, 4) is 0 Å². The molecule has 7 nitrogen and oxygen atoms in total. The van der Waals surface area contributed by atoms with Crippen LogP contribution in [0.15, 0.2) is 12.3 Å². The second kappa shape index (κ2) is 8.95. The third-order valence-corrected chi connectivity index (χ3v) is 5.04. The van der Waals surface area contributed by atoms with E-state index in [-0.39, 0.29) is 12.5 Å². The van der Waals surface area contributed by atoms with Gasteiger partial charge in [0.1, 0.15) is 5.00 Å². The van der Waals surface area contributed by atoms with Crippen molar-refractivity contribution in [2.24, 2.45) is 7.05 Å². The van der Waals surface area contributed by atoms with Gasteiger partial charge in [0.15, 0.2) is 0 Å². The maximum Gasteiger partial charge on any atom is 0.341 e. The van der Waals surface area contributed by atoms with E-state index >= 15 is 0 Å². The lowest BCUT2D eigenvalue weighted by Crippen LogP contribution is -2.30. The van der Waals surface area contributed by atoms with Crippen molar-refractivity contribution in [2.75, 3.05) is 25.5 Å². The summed E-state index contributed by atoms with van der Waals surface area (Å²) in [6.07, 6.45) is 2.75. The van der Waals surface area contributed by atoms with Gasteiger partial charge in [0.25, 0.3) is 0 Å². The van der Waals surface area contributed by atoms with Gasteiger partial charge in [-0.2, -0.15) is 5.10 Å². The molecule has 0 aromatic carbocycles. The Labute approximate surface area is 157 Å². The van der Waals surface area contributed by atoms with E-state index in [0.717, 1.165) is 22.6 Å². The zero-order valence-corrected chi connectivity index (χ0v) is 16.8. The number of nitrogens with one attached hydrogen (secondary N) is 1. The number of aromatic nitrogens is 2. The number of hydrogen-bond acceptors (Lipinski definition) is 6. The number of aryl methyl sites for hydroxylation is 3. The lowest BCUT2D eigenvalue weighted by molar-refractivity contribution is -0.117. The third kappa shape index (κ3) is 5.15. The van der Waals surface area contributed by atoms with Gasteiger partial charge >= 0.3 is 5.97 Å². The van der Waals surface area contributed by atoms with Gasteiger partial charge < -0.3 is 10.1 Å². The third-order valence-electron chi connectivity index (χ3n) is 3.85. The van der Waals surface area contributed by atoms with Gasteiger partial charge in [0, 0.05) is 30.2 Å². The van der Waals surface area contributed by atoms with Gasteiger partial charge in [-0.15, -0.1) is 11.3 Å². The lowest BCUT2D eigenvalue weighted by atomic mass is 10.2. The molecule has 2 aromatic heterocycles. The van der Waals surface area contributed by atoms with Crippen LogP contribution in [0.2, 0.25) is 0 Å². The van der Waals surface area contributed by atoms with E-state index in [1.807, 2.05) is 39.0 Å².